The Kier molecular flexibility index (Phi) is 9.97. The van der Waals surface area contributed by atoms with Crippen molar-refractivity contribution in [3.63, 3.8) is 0 Å². The minimum absolute atomic E-state index is 0.0194. The van der Waals surface area contributed by atoms with Crippen LogP contribution in [0.5, 0.6) is 17.2 Å². The number of hydrogen-bond donors (Lipinski definition) is 2. The number of Topliss-reactive ketones (excluding diaryl/α,β-unsaturated/α-hetero) is 2. The Morgan fingerprint density at radius 2 is 1.42 bits per heavy atom. The summed E-state index contributed by atoms with van der Waals surface area (Å²) in [5, 5.41) is 18.3. The molecule has 2 N–H and O–H groups in total. The number of aliphatic carboxylic acids is 2. The number of benzene rings is 2. The third-order valence-electron chi connectivity index (χ3n) is 6.79. The molecule has 2 aromatic carbocycles. The van der Waals surface area contributed by atoms with E-state index in [-0.39, 0.29) is 87.8 Å². The van der Waals surface area contributed by atoms with E-state index in [1.165, 1.54) is 39.3 Å². The zero-order valence-electron chi connectivity index (χ0n) is 23.5. The lowest BCUT2D eigenvalue weighted by Gasteiger charge is -2.14. The first-order valence-electron chi connectivity index (χ1n) is 13.2. The van der Waals surface area contributed by atoms with Crippen LogP contribution in [0.4, 0.5) is 8.78 Å². The first kappa shape index (κ1) is 31.8. The number of ketones is 2. The number of ether oxygens (including phenoxy) is 3. The molecule has 0 amide bonds. The number of methoxy groups -OCH3 is 2. The van der Waals surface area contributed by atoms with Gasteiger partial charge in [-0.15, -0.1) is 22.7 Å². The number of fused-ring (bicyclic) bond motifs is 2. The van der Waals surface area contributed by atoms with E-state index in [0.717, 1.165) is 22.7 Å². The van der Waals surface area contributed by atoms with Crippen LogP contribution in [0.2, 0.25) is 0 Å². The van der Waals surface area contributed by atoms with Gasteiger partial charge in [-0.2, -0.15) is 0 Å². The maximum absolute atomic E-state index is 15.6. The Bertz CT molecular complexity index is 1720. The van der Waals surface area contributed by atoms with E-state index in [2.05, 4.69) is 0 Å². The number of halogens is 2. The van der Waals surface area contributed by atoms with Crippen molar-refractivity contribution in [2.45, 2.75) is 39.0 Å². The van der Waals surface area contributed by atoms with Gasteiger partial charge in [-0.1, -0.05) is 6.92 Å². The van der Waals surface area contributed by atoms with Gasteiger partial charge in [-0.05, 0) is 31.0 Å². The Balaban J connectivity index is 1.50. The van der Waals surface area contributed by atoms with Gasteiger partial charge >= 0.3 is 11.9 Å². The molecular weight excluding hydrogens is 606 g/mol. The molecule has 2 aromatic heterocycles. The molecule has 0 bridgehead atoms. The topological polar surface area (TPSA) is 136 Å². The van der Waals surface area contributed by atoms with Gasteiger partial charge in [0.25, 0.3) is 0 Å². The second-order valence-electron chi connectivity index (χ2n) is 9.77. The van der Waals surface area contributed by atoms with Gasteiger partial charge in [-0.25, -0.2) is 8.78 Å². The Morgan fingerprint density at radius 1 is 0.837 bits per heavy atom. The first-order valence-corrected chi connectivity index (χ1v) is 14.8. The van der Waals surface area contributed by atoms with Crippen molar-refractivity contribution in [3.05, 3.63) is 51.2 Å². The molecule has 0 saturated heterocycles. The van der Waals surface area contributed by atoms with E-state index in [1.807, 2.05) is 0 Å². The fourth-order valence-corrected chi connectivity index (χ4v) is 6.56. The Morgan fingerprint density at radius 3 is 2.00 bits per heavy atom. The normalized spacial score (nSPS) is 11.9. The van der Waals surface area contributed by atoms with E-state index in [9.17, 15) is 19.2 Å². The molecular formula is C30H28F2O9S2. The van der Waals surface area contributed by atoms with Crippen molar-refractivity contribution in [2.24, 2.45) is 5.92 Å². The van der Waals surface area contributed by atoms with Gasteiger partial charge in [0.1, 0.15) is 11.6 Å². The third kappa shape index (κ3) is 6.94. The number of rotatable bonds is 15. The zero-order chi connectivity index (χ0) is 31.4. The predicted octanol–water partition coefficient (Wildman–Crippen LogP) is 6.76. The molecule has 2 heterocycles. The number of carbonyl (C=O) groups is 4. The van der Waals surface area contributed by atoms with Crippen LogP contribution in [-0.4, -0.2) is 54.5 Å². The largest absolute Gasteiger partial charge is 0.496 e. The monoisotopic (exact) mass is 634 g/mol. The molecule has 1 atom stereocenters. The highest BCUT2D eigenvalue weighted by molar-refractivity contribution is 7.21. The predicted molar refractivity (Wildman–Crippen MR) is 157 cm³/mol. The van der Waals surface area contributed by atoms with Crippen LogP contribution in [0.15, 0.2) is 24.3 Å². The number of hydrogen-bond acceptors (Lipinski definition) is 9. The molecule has 0 spiro atoms. The summed E-state index contributed by atoms with van der Waals surface area (Å²) in [6.45, 7) is 1.41. The molecule has 0 aliphatic carbocycles. The quantitative estimate of drug-likeness (QED) is 0.107. The summed E-state index contributed by atoms with van der Waals surface area (Å²) in [6.07, 6.45) is -0.321. The molecule has 13 heteroatoms. The minimum Gasteiger partial charge on any atom is -0.496 e. The van der Waals surface area contributed by atoms with Crippen molar-refractivity contribution in [3.8, 4) is 17.2 Å². The van der Waals surface area contributed by atoms with E-state index < -0.39 is 35.3 Å². The molecule has 0 unspecified atom stereocenters. The molecule has 9 nitrogen and oxygen atoms in total. The maximum Gasteiger partial charge on any atom is 0.306 e. The highest BCUT2D eigenvalue weighted by atomic mass is 32.1. The minimum atomic E-state index is -1.10. The number of thiophene rings is 2. The molecule has 4 aromatic rings. The molecule has 0 radical (unpaired) electrons. The highest BCUT2D eigenvalue weighted by Crippen LogP contribution is 2.41. The van der Waals surface area contributed by atoms with Crippen molar-refractivity contribution in [2.75, 3.05) is 20.8 Å². The summed E-state index contributed by atoms with van der Waals surface area (Å²) >= 11 is 2.09. The first-order chi connectivity index (χ1) is 20.4. The number of carboxylic acid groups (broad SMARTS) is 2. The van der Waals surface area contributed by atoms with Gasteiger partial charge in [0.2, 0.25) is 0 Å². The third-order valence-corrected chi connectivity index (χ3v) is 9.04. The molecule has 228 valence electrons. The van der Waals surface area contributed by atoms with Gasteiger partial charge in [0.05, 0.1) is 42.9 Å². The van der Waals surface area contributed by atoms with Gasteiger partial charge in [-0.3, -0.25) is 19.2 Å². The molecule has 0 saturated carbocycles. The summed E-state index contributed by atoms with van der Waals surface area (Å²) in [5.41, 5.74) is 0.250. The Labute approximate surface area is 252 Å². The molecule has 0 aliphatic heterocycles. The lowest BCUT2D eigenvalue weighted by Crippen LogP contribution is -2.13. The zero-order valence-corrected chi connectivity index (χ0v) is 25.1. The van der Waals surface area contributed by atoms with Crippen LogP contribution in [0.25, 0.3) is 20.2 Å². The lowest BCUT2D eigenvalue weighted by molar-refractivity contribution is -0.141. The van der Waals surface area contributed by atoms with Crippen molar-refractivity contribution < 1.29 is 52.4 Å². The van der Waals surface area contributed by atoms with Crippen LogP contribution in [0.1, 0.15) is 57.5 Å². The van der Waals surface area contributed by atoms with E-state index in [0.29, 0.717) is 9.40 Å². The van der Waals surface area contributed by atoms with Crippen molar-refractivity contribution >= 4 is 66.4 Å². The van der Waals surface area contributed by atoms with Crippen LogP contribution in [0.3, 0.4) is 0 Å². The fourth-order valence-electron chi connectivity index (χ4n) is 4.47. The van der Waals surface area contributed by atoms with E-state index in [4.69, 9.17) is 24.4 Å². The van der Waals surface area contributed by atoms with Crippen LogP contribution in [0, 0.1) is 17.6 Å². The standard InChI is InChI=1S/C30H28F2O9S2/c1-14(30(37)38)9-19(34)25-10-16-22(43-25)12-20(39-2)15(27(16)31)5-4-8-41-29-21(40-3)13-23-17(28(29)32)11-24(42-23)18(33)6-7-26(35)36/h10-14H,4-9H2,1-3H3,(H,35,36)(H,37,38)/t14-/m0/s1. The second kappa shape index (κ2) is 13.5. The summed E-state index contributed by atoms with van der Waals surface area (Å²) < 4.78 is 48.4. The van der Waals surface area contributed by atoms with E-state index >= 15 is 8.78 Å². The van der Waals surface area contributed by atoms with Gasteiger partial charge < -0.3 is 24.4 Å². The van der Waals surface area contributed by atoms with Crippen molar-refractivity contribution in [1.29, 1.82) is 0 Å². The van der Waals surface area contributed by atoms with Gasteiger partial charge in [0.15, 0.2) is 28.9 Å². The number of carboxylic acids is 2. The summed E-state index contributed by atoms with van der Waals surface area (Å²) in [4.78, 5) is 47.3. The maximum atomic E-state index is 15.6. The average molecular weight is 635 g/mol. The fraction of sp³-hybridized carbons (Fsp3) is 0.333. The summed E-state index contributed by atoms with van der Waals surface area (Å²) in [5.74, 6) is -4.96. The highest BCUT2D eigenvalue weighted by Gasteiger charge is 2.23. The Hall–Kier alpha value is -4.10. The van der Waals surface area contributed by atoms with Crippen LogP contribution in [-0.2, 0) is 16.0 Å². The second-order valence-corrected chi connectivity index (χ2v) is 11.9. The molecule has 0 fully saturated rings. The van der Waals surface area contributed by atoms with Gasteiger partial charge in [0, 0.05) is 44.6 Å². The van der Waals surface area contributed by atoms with Crippen molar-refractivity contribution in [1.82, 2.24) is 0 Å². The SMILES string of the molecule is COc1cc2sc(C(=O)C[C@H](C)C(=O)O)cc2c(F)c1CCCOc1c(OC)cc2sc(C(=O)CCC(=O)O)cc2c1F. The van der Waals surface area contributed by atoms with Crippen LogP contribution < -0.4 is 14.2 Å². The molecule has 0 aliphatic rings. The van der Waals surface area contributed by atoms with Crippen LogP contribution >= 0.6 is 22.7 Å². The van der Waals surface area contributed by atoms with E-state index in [1.54, 1.807) is 6.07 Å². The number of carbonyl (C=O) groups excluding carboxylic acids is 2. The summed E-state index contributed by atoms with van der Waals surface area (Å²) in [7, 11) is 2.74. The summed E-state index contributed by atoms with van der Waals surface area (Å²) in [6, 6.07) is 5.95. The smallest absolute Gasteiger partial charge is 0.306 e. The average Bonchev–Trinajstić information content (AvgIpc) is 3.60. The molecule has 4 rings (SSSR count). The lowest BCUT2D eigenvalue weighted by atomic mass is 10.0. The molecule has 43 heavy (non-hydrogen) atoms.